The number of nitrogens with zero attached hydrogens (tertiary/aromatic N) is 3. The van der Waals surface area contributed by atoms with E-state index in [4.69, 9.17) is 0 Å². The predicted octanol–water partition coefficient (Wildman–Crippen LogP) is 2.78. The average Bonchev–Trinajstić information content (AvgIpc) is 3.19. The summed E-state index contributed by atoms with van der Waals surface area (Å²) in [6, 6.07) is 4.59. The van der Waals surface area contributed by atoms with Crippen LogP contribution in [0.5, 0.6) is 0 Å². The molecule has 0 aromatic carbocycles. The molecule has 0 radical (unpaired) electrons. The van der Waals surface area contributed by atoms with Crippen molar-refractivity contribution in [1.82, 2.24) is 20.4 Å². The highest BCUT2D eigenvalue weighted by molar-refractivity contribution is 8.01. The van der Waals surface area contributed by atoms with Gasteiger partial charge in [0.05, 0.1) is 5.75 Å². The Balaban J connectivity index is 1.35. The number of aryl methyl sites for hydroxylation is 1. The van der Waals surface area contributed by atoms with Crippen molar-refractivity contribution in [1.29, 1.82) is 0 Å². The van der Waals surface area contributed by atoms with Gasteiger partial charge in [-0.3, -0.25) is 9.69 Å². The van der Waals surface area contributed by atoms with Crippen LogP contribution in [0.4, 0.5) is 0 Å². The van der Waals surface area contributed by atoms with E-state index in [-0.39, 0.29) is 5.91 Å². The van der Waals surface area contributed by atoms with E-state index in [1.807, 2.05) is 18.3 Å². The zero-order valence-electron chi connectivity index (χ0n) is 13.0. The molecule has 1 fully saturated rings. The first kappa shape index (κ1) is 16.9. The Morgan fingerprint density at radius 3 is 2.91 bits per heavy atom. The van der Waals surface area contributed by atoms with Crippen molar-refractivity contribution in [3.05, 3.63) is 27.4 Å². The largest absolute Gasteiger partial charge is 0.353 e. The summed E-state index contributed by atoms with van der Waals surface area (Å²) in [4.78, 5) is 15.9. The minimum Gasteiger partial charge on any atom is -0.353 e. The SMILES string of the molecule is Cc1nnc(SCC(=O)NC2CCN(Cc3cccs3)CC2)s1. The first-order chi connectivity index (χ1) is 11.2. The maximum Gasteiger partial charge on any atom is 0.230 e. The van der Waals surface area contributed by atoms with Crippen LogP contribution in [0, 0.1) is 6.92 Å². The molecule has 3 rings (SSSR count). The van der Waals surface area contributed by atoms with Crippen molar-refractivity contribution in [2.45, 2.75) is 36.7 Å². The Kier molecular flexibility index (Phi) is 6.04. The van der Waals surface area contributed by atoms with Crippen LogP contribution in [0.2, 0.25) is 0 Å². The molecule has 1 aliphatic heterocycles. The van der Waals surface area contributed by atoms with Crippen molar-refractivity contribution < 1.29 is 4.79 Å². The molecule has 8 heteroatoms. The number of nitrogens with one attached hydrogen (secondary N) is 1. The van der Waals surface area contributed by atoms with Gasteiger partial charge >= 0.3 is 0 Å². The molecule has 0 unspecified atom stereocenters. The summed E-state index contributed by atoms with van der Waals surface area (Å²) in [5.74, 6) is 0.517. The van der Waals surface area contributed by atoms with Crippen molar-refractivity contribution in [3.8, 4) is 0 Å². The summed E-state index contributed by atoms with van der Waals surface area (Å²) < 4.78 is 0.864. The lowest BCUT2D eigenvalue weighted by Crippen LogP contribution is -2.44. The molecule has 1 saturated heterocycles. The molecular weight excluding hydrogens is 348 g/mol. The zero-order chi connectivity index (χ0) is 16.1. The lowest BCUT2D eigenvalue weighted by atomic mass is 10.1. The van der Waals surface area contributed by atoms with Crippen LogP contribution in [0.15, 0.2) is 21.9 Å². The van der Waals surface area contributed by atoms with Gasteiger partial charge in [0, 0.05) is 30.6 Å². The van der Waals surface area contributed by atoms with Crippen molar-refractivity contribution >= 4 is 40.3 Å². The smallest absolute Gasteiger partial charge is 0.230 e. The number of piperidine rings is 1. The van der Waals surface area contributed by atoms with E-state index in [2.05, 4.69) is 37.9 Å². The second-order valence-corrected chi connectivity index (χ2v) is 9.01. The Bertz CT molecular complexity index is 620. The van der Waals surface area contributed by atoms with E-state index in [1.54, 1.807) is 0 Å². The Labute approximate surface area is 148 Å². The third-order valence-electron chi connectivity index (χ3n) is 3.75. The zero-order valence-corrected chi connectivity index (χ0v) is 15.5. The van der Waals surface area contributed by atoms with E-state index < -0.39 is 0 Å². The Morgan fingerprint density at radius 1 is 1.43 bits per heavy atom. The standard InChI is InChI=1S/C15H20N4OS3/c1-11-17-18-15(23-11)22-10-14(20)16-12-4-6-19(7-5-12)9-13-3-2-8-21-13/h2-3,8,12H,4-7,9-10H2,1H3,(H,16,20). The number of thiophene rings is 1. The van der Waals surface area contributed by atoms with Crippen molar-refractivity contribution in [2.75, 3.05) is 18.8 Å². The molecule has 0 atom stereocenters. The normalized spacial score (nSPS) is 16.6. The summed E-state index contributed by atoms with van der Waals surface area (Å²) in [5.41, 5.74) is 0. The van der Waals surface area contributed by atoms with Gasteiger partial charge in [0.2, 0.25) is 5.91 Å². The van der Waals surface area contributed by atoms with Gasteiger partial charge in [-0.15, -0.1) is 21.5 Å². The molecule has 2 aromatic heterocycles. The molecule has 124 valence electrons. The molecule has 0 spiro atoms. The Hall–Kier alpha value is -0.960. The summed E-state index contributed by atoms with van der Waals surface area (Å²) in [7, 11) is 0. The fourth-order valence-electron chi connectivity index (χ4n) is 2.59. The number of aromatic nitrogens is 2. The predicted molar refractivity (Wildman–Crippen MR) is 96.1 cm³/mol. The second kappa shape index (κ2) is 8.23. The van der Waals surface area contributed by atoms with E-state index in [1.165, 1.54) is 28.0 Å². The molecule has 0 bridgehead atoms. The first-order valence-electron chi connectivity index (χ1n) is 7.66. The minimum absolute atomic E-state index is 0.0968. The number of rotatable bonds is 6. The van der Waals surface area contributed by atoms with Crippen LogP contribution in [-0.2, 0) is 11.3 Å². The molecule has 0 saturated carbocycles. The van der Waals surface area contributed by atoms with Crippen LogP contribution >= 0.6 is 34.4 Å². The quantitative estimate of drug-likeness (QED) is 0.795. The molecule has 2 aromatic rings. The van der Waals surface area contributed by atoms with Gasteiger partial charge in [0.15, 0.2) is 4.34 Å². The highest BCUT2D eigenvalue weighted by Gasteiger charge is 2.21. The van der Waals surface area contributed by atoms with E-state index in [0.717, 1.165) is 41.8 Å². The van der Waals surface area contributed by atoms with E-state index in [0.29, 0.717) is 11.8 Å². The molecule has 1 amide bonds. The molecule has 3 heterocycles. The summed E-state index contributed by atoms with van der Waals surface area (Å²) in [6.07, 6.45) is 2.05. The maximum absolute atomic E-state index is 12.0. The van der Waals surface area contributed by atoms with E-state index in [9.17, 15) is 4.79 Å². The number of hydrogen-bond acceptors (Lipinski definition) is 7. The lowest BCUT2D eigenvalue weighted by molar-refractivity contribution is -0.119. The van der Waals surface area contributed by atoms with Gasteiger partial charge in [0.1, 0.15) is 5.01 Å². The third-order valence-corrected chi connectivity index (χ3v) is 6.58. The first-order valence-corrected chi connectivity index (χ1v) is 10.3. The van der Waals surface area contributed by atoms with Gasteiger partial charge in [-0.1, -0.05) is 29.2 Å². The van der Waals surface area contributed by atoms with Crippen molar-refractivity contribution in [3.63, 3.8) is 0 Å². The highest BCUT2D eigenvalue weighted by Crippen LogP contribution is 2.22. The second-order valence-electron chi connectivity index (χ2n) is 5.57. The summed E-state index contributed by atoms with van der Waals surface area (Å²) >= 11 is 4.81. The summed E-state index contributed by atoms with van der Waals surface area (Å²) in [5, 5.41) is 14.2. The number of hydrogen-bond donors (Lipinski definition) is 1. The maximum atomic E-state index is 12.0. The third kappa shape index (κ3) is 5.27. The Morgan fingerprint density at radius 2 is 2.26 bits per heavy atom. The van der Waals surface area contributed by atoms with E-state index >= 15 is 0 Å². The fraction of sp³-hybridized carbons (Fsp3) is 0.533. The monoisotopic (exact) mass is 368 g/mol. The van der Waals surface area contributed by atoms with Gasteiger partial charge < -0.3 is 5.32 Å². The van der Waals surface area contributed by atoms with Crippen LogP contribution in [0.25, 0.3) is 0 Å². The molecular formula is C15H20N4OS3. The molecule has 0 aliphatic carbocycles. The number of carbonyl (C=O) groups is 1. The number of likely N-dealkylation sites (tertiary alicyclic amines) is 1. The average molecular weight is 369 g/mol. The van der Waals surface area contributed by atoms with Crippen LogP contribution in [0.3, 0.4) is 0 Å². The molecule has 1 N–H and O–H groups in total. The molecule has 23 heavy (non-hydrogen) atoms. The van der Waals surface area contributed by atoms with Crippen LogP contribution in [-0.4, -0.2) is 45.9 Å². The number of thioether (sulfide) groups is 1. The number of carbonyl (C=O) groups excluding carboxylic acids is 1. The molecule has 5 nitrogen and oxygen atoms in total. The van der Waals surface area contributed by atoms with Crippen molar-refractivity contribution in [2.24, 2.45) is 0 Å². The van der Waals surface area contributed by atoms with Gasteiger partial charge in [-0.25, -0.2) is 0 Å². The van der Waals surface area contributed by atoms with Gasteiger partial charge in [0.25, 0.3) is 0 Å². The minimum atomic E-state index is 0.0968. The van der Waals surface area contributed by atoms with Gasteiger partial charge in [-0.05, 0) is 31.2 Å². The van der Waals surface area contributed by atoms with Crippen LogP contribution < -0.4 is 5.32 Å². The van der Waals surface area contributed by atoms with Gasteiger partial charge in [-0.2, -0.15) is 0 Å². The number of amides is 1. The fourth-order valence-corrected chi connectivity index (χ4v) is 4.96. The topological polar surface area (TPSA) is 58.1 Å². The molecule has 1 aliphatic rings. The lowest BCUT2D eigenvalue weighted by Gasteiger charge is -2.32. The highest BCUT2D eigenvalue weighted by atomic mass is 32.2. The summed E-state index contributed by atoms with van der Waals surface area (Å²) in [6.45, 7) is 5.05. The van der Waals surface area contributed by atoms with Crippen LogP contribution in [0.1, 0.15) is 22.7 Å².